The summed E-state index contributed by atoms with van der Waals surface area (Å²) in [5.74, 6) is -1.27. The molecular weight excluding hydrogens is 361 g/mol. The third-order valence-corrected chi connectivity index (χ3v) is 3.83. The number of carbonyl (C=O) groups is 2. The molecule has 0 heterocycles. The molecule has 0 aliphatic carbocycles. The number of anilines is 1. The quantitative estimate of drug-likeness (QED) is 0.766. The highest BCUT2D eigenvalue weighted by Crippen LogP contribution is 2.22. The third-order valence-electron chi connectivity index (χ3n) is 3.52. The zero-order valence-corrected chi connectivity index (χ0v) is 15.3. The Bertz CT molecular complexity index is 795. The number of benzene rings is 2. The molecule has 0 bridgehead atoms. The fraction of sp³-hybridized carbons (Fsp3) is 0.263. The molecule has 0 spiro atoms. The molecule has 0 aliphatic heterocycles. The Morgan fingerprint density at radius 2 is 1.73 bits per heavy atom. The van der Waals surface area contributed by atoms with E-state index in [1.165, 1.54) is 19.9 Å². The molecule has 2 rings (SSSR count). The summed E-state index contributed by atoms with van der Waals surface area (Å²) in [5.41, 5.74) is 1.29. The van der Waals surface area contributed by atoms with E-state index in [0.717, 1.165) is 17.7 Å². The van der Waals surface area contributed by atoms with Crippen LogP contribution in [0.4, 0.5) is 10.1 Å². The van der Waals surface area contributed by atoms with Gasteiger partial charge in [-0.05, 0) is 51.1 Å². The zero-order valence-electron chi connectivity index (χ0n) is 14.6. The number of nitrogens with one attached hydrogen (secondary N) is 1. The van der Waals surface area contributed by atoms with Gasteiger partial charge in [0.05, 0.1) is 10.7 Å². The molecule has 0 aliphatic rings. The summed E-state index contributed by atoms with van der Waals surface area (Å²) < 4.78 is 23.6. The number of ether oxygens (including phenoxy) is 2. The molecule has 2 aromatic carbocycles. The van der Waals surface area contributed by atoms with E-state index in [2.05, 4.69) is 5.32 Å². The summed E-state index contributed by atoms with van der Waals surface area (Å²) in [5, 5.41) is 2.53. The molecule has 1 N–H and O–H groups in total. The van der Waals surface area contributed by atoms with Crippen LogP contribution in [0.25, 0.3) is 0 Å². The van der Waals surface area contributed by atoms with Gasteiger partial charge in [0.15, 0.2) is 12.2 Å². The minimum Gasteiger partial charge on any atom is -0.479 e. The first-order chi connectivity index (χ1) is 12.3. The number of hydrogen-bond donors (Lipinski definition) is 1. The van der Waals surface area contributed by atoms with Gasteiger partial charge in [0.25, 0.3) is 5.91 Å². The van der Waals surface area contributed by atoms with E-state index in [1.807, 2.05) is 19.1 Å². The molecule has 0 saturated carbocycles. The van der Waals surface area contributed by atoms with E-state index < -0.39 is 29.9 Å². The lowest BCUT2D eigenvalue weighted by Crippen LogP contribution is -2.35. The predicted octanol–water partition coefficient (Wildman–Crippen LogP) is 4.13. The summed E-state index contributed by atoms with van der Waals surface area (Å²) in [6.45, 7) is 4.89. The maximum atomic E-state index is 13.0. The Hall–Kier alpha value is -2.60. The fourth-order valence-electron chi connectivity index (χ4n) is 2.02. The Kier molecular flexibility index (Phi) is 6.58. The SMILES string of the molecule is Cc1ccc(OC(C)C(=O)OC(C)C(=O)Nc2ccc(F)cc2Cl)cc1. The first-order valence-corrected chi connectivity index (χ1v) is 8.34. The number of hydrogen-bond acceptors (Lipinski definition) is 4. The van der Waals surface area contributed by atoms with Crippen LogP contribution in [0, 0.1) is 12.7 Å². The molecule has 7 heteroatoms. The average Bonchev–Trinajstić information content (AvgIpc) is 2.59. The average molecular weight is 380 g/mol. The molecule has 2 aromatic rings. The van der Waals surface area contributed by atoms with Gasteiger partial charge < -0.3 is 14.8 Å². The molecule has 0 fully saturated rings. The summed E-state index contributed by atoms with van der Waals surface area (Å²) in [6, 6.07) is 10.8. The second kappa shape index (κ2) is 8.67. The summed E-state index contributed by atoms with van der Waals surface area (Å²) in [6.07, 6.45) is -1.96. The van der Waals surface area contributed by atoms with Crippen molar-refractivity contribution >= 4 is 29.2 Å². The van der Waals surface area contributed by atoms with Gasteiger partial charge in [-0.3, -0.25) is 4.79 Å². The van der Waals surface area contributed by atoms with E-state index in [4.69, 9.17) is 21.1 Å². The first kappa shape index (κ1) is 19.7. The highest BCUT2D eigenvalue weighted by Gasteiger charge is 2.23. The van der Waals surface area contributed by atoms with Crippen molar-refractivity contribution in [1.29, 1.82) is 0 Å². The molecule has 0 saturated heterocycles. The Balaban J connectivity index is 1.90. The van der Waals surface area contributed by atoms with Gasteiger partial charge in [0, 0.05) is 0 Å². The Morgan fingerprint density at radius 1 is 1.08 bits per heavy atom. The van der Waals surface area contributed by atoms with Gasteiger partial charge in [-0.1, -0.05) is 29.3 Å². The lowest BCUT2D eigenvalue weighted by atomic mass is 10.2. The second-order valence-electron chi connectivity index (χ2n) is 5.77. The van der Waals surface area contributed by atoms with E-state index >= 15 is 0 Å². The van der Waals surface area contributed by atoms with Gasteiger partial charge in [-0.25, -0.2) is 9.18 Å². The molecule has 138 valence electrons. The van der Waals surface area contributed by atoms with Crippen LogP contribution in [-0.4, -0.2) is 24.1 Å². The van der Waals surface area contributed by atoms with Gasteiger partial charge >= 0.3 is 5.97 Å². The molecule has 0 radical (unpaired) electrons. The van der Waals surface area contributed by atoms with Crippen molar-refractivity contribution < 1.29 is 23.5 Å². The van der Waals surface area contributed by atoms with Crippen molar-refractivity contribution in [1.82, 2.24) is 0 Å². The van der Waals surface area contributed by atoms with Crippen LogP contribution in [0.2, 0.25) is 5.02 Å². The van der Waals surface area contributed by atoms with Crippen LogP contribution in [0.3, 0.4) is 0 Å². The number of amides is 1. The third kappa shape index (κ3) is 5.46. The normalized spacial score (nSPS) is 12.8. The van der Waals surface area contributed by atoms with Gasteiger partial charge in [-0.2, -0.15) is 0 Å². The van der Waals surface area contributed by atoms with Crippen molar-refractivity contribution in [2.24, 2.45) is 0 Å². The van der Waals surface area contributed by atoms with E-state index in [-0.39, 0.29) is 10.7 Å². The second-order valence-corrected chi connectivity index (χ2v) is 6.17. The van der Waals surface area contributed by atoms with Crippen LogP contribution in [0.1, 0.15) is 19.4 Å². The predicted molar refractivity (Wildman–Crippen MR) is 96.9 cm³/mol. The van der Waals surface area contributed by atoms with Crippen molar-refractivity contribution in [3.8, 4) is 5.75 Å². The van der Waals surface area contributed by atoms with Crippen LogP contribution in [0.5, 0.6) is 5.75 Å². The molecule has 0 aromatic heterocycles. The topological polar surface area (TPSA) is 64.6 Å². The minimum absolute atomic E-state index is 0.0490. The summed E-state index contributed by atoms with van der Waals surface area (Å²) >= 11 is 5.85. The van der Waals surface area contributed by atoms with Crippen molar-refractivity contribution in [3.05, 3.63) is 58.9 Å². The van der Waals surface area contributed by atoms with Crippen LogP contribution < -0.4 is 10.1 Å². The summed E-state index contributed by atoms with van der Waals surface area (Å²) in [7, 11) is 0. The van der Waals surface area contributed by atoms with Gasteiger partial charge in [0.2, 0.25) is 0 Å². The molecular formula is C19H19ClFNO4. The highest BCUT2D eigenvalue weighted by molar-refractivity contribution is 6.33. The van der Waals surface area contributed by atoms with E-state index in [9.17, 15) is 14.0 Å². The highest BCUT2D eigenvalue weighted by atomic mass is 35.5. The number of esters is 1. The smallest absolute Gasteiger partial charge is 0.347 e. The Morgan fingerprint density at radius 3 is 2.35 bits per heavy atom. The van der Waals surface area contributed by atoms with Crippen molar-refractivity contribution in [2.45, 2.75) is 33.0 Å². The van der Waals surface area contributed by atoms with Crippen LogP contribution in [0.15, 0.2) is 42.5 Å². The first-order valence-electron chi connectivity index (χ1n) is 7.96. The largest absolute Gasteiger partial charge is 0.479 e. The number of halogens is 2. The van der Waals surface area contributed by atoms with Gasteiger partial charge in [-0.15, -0.1) is 0 Å². The van der Waals surface area contributed by atoms with Crippen molar-refractivity contribution in [3.63, 3.8) is 0 Å². The maximum Gasteiger partial charge on any atom is 0.347 e. The van der Waals surface area contributed by atoms with Crippen LogP contribution >= 0.6 is 11.6 Å². The maximum absolute atomic E-state index is 13.0. The van der Waals surface area contributed by atoms with Crippen LogP contribution in [-0.2, 0) is 14.3 Å². The molecule has 5 nitrogen and oxygen atoms in total. The monoisotopic (exact) mass is 379 g/mol. The molecule has 2 unspecified atom stereocenters. The number of rotatable bonds is 6. The molecule has 2 atom stereocenters. The number of carbonyl (C=O) groups excluding carboxylic acids is 2. The lowest BCUT2D eigenvalue weighted by molar-refractivity contribution is -0.159. The van der Waals surface area contributed by atoms with E-state index in [0.29, 0.717) is 5.75 Å². The fourth-order valence-corrected chi connectivity index (χ4v) is 2.23. The standard InChI is InChI=1S/C19H19ClFNO4/c1-11-4-7-15(8-5-11)25-13(3)19(24)26-12(2)18(23)22-17-9-6-14(21)10-16(17)20/h4-10,12-13H,1-3H3,(H,22,23). The van der Waals surface area contributed by atoms with Gasteiger partial charge in [0.1, 0.15) is 11.6 Å². The van der Waals surface area contributed by atoms with Crippen molar-refractivity contribution in [2.75, 3.05) is 5.32 Å². The lowest BCUT2D eigenvalue weighted by Gasteiger charge is -2.18. The summed E-state index contributed by atoms with van der Waals surface area (Å²) in [4.78, 5) is 24.2. The molecule has 26 heavy (non-hydrogen) atoms. The van der Waals surface area contributed by atoms with E-state index in [1.54, 1.807) is 12.1 Å². The zero-order chi connectivity index (χ0) is 19.3. The molecule has 1 amide bonds. The minimum atomic E-state index is -1.08. The Labute approximate surface area is 156 Å². The number of aryl methyl sites for hydroxylation is 1.